The lowest BCUT2D eigenvalue weighted by Gasteiger charge is -2.05. The fourth-order valence-corrected chi connectivity index (χ4v) is 0.757. The van der Waals surface area contributed by atoms with E-state index in [-0.39, 0.29) is 17.2 Å². The molecule has 0 heterocycles. The van der Waals surface area contributed by atoms with Crippen molar-refractivity contribution < 1.29 is 20.0 Å². The third kappa shape index (κ3) is 1.35. The Hall–Kier alpha value is -1.42. The molecule has 4 heteroatoms. The fourth-order valence-electron chi connectivity index (χ4n) is 0.757. The number of hydrogen-bond acceptors (Lipinski definition) is 4. The van der Waals surface area contributed by atoms with Crippen molar-refractivity contribution in [3.05, 3.63) is 18.2 Å². The van der Waals surface area contributed by atoms with Gasteiger partial charge in [0.25, 0.3) is 0 Å². The number of rotatable bonds is 2. The summed E-state index contributed by atoms with van der Waals surface area (Å²) < 4.78 is 4.77. The molecule has 60 valence electrons. The first-order valence-corrected chi connectivity index (χ1v) is 2.97. The highest BCUT2D eigenvalue weighted by Gasteiger charge is 2.08. The van der Waals surface area contributed by atoms with Gasteiger partial charge in [0.15, 0.2) is 11.5 Å². The fraction of sp³-hybridized carbons (Fsp3) is 0.143. The molecule has 0 bridgehead atoms. The molecule has 0 spiro atoms. The van der Waals surface area contributed by atoms with Crippen LogP contribution >= 0.6 is 0 Å². The van der Waals surface area contributed by atoms with E-state index in [1.807, 2.05) is 0 Å². The summed E-state index contributed by atoms with van der Waals surface area (Å²) >= 11 is 0. The zero-order valence-electron chi connectivity index (χ0n) is 5.94. The quantitative estimate of drug-likeness (QED) is 0.499. The molecule has 0 saturated heterocycles. The molecule has 0 radical (unpaired) electrons. The van der Waals surface area contributed by atoms with Crippen molar-refractivity contribution >= 4 is 0 Å². The van der Waals surface area contributed by atoms with Gasteiger partial charge in [-0.25, -0.2) is 5.26 Å². The van der Waals surface area contributed by atoms with E-state index in [1.165, 1.54) is 13.2 Å². The van der Waals surface area contributed by atoms with Crippen LogP contribution in [0.5, 0.6) is 17.2 Å². The van der Waals surface area contributed by atoms with Crippen molar-refractivity contribution in [1.29, 1.82) is 0 Å². The lowest BCUT2D eigenvalue weighted by molar-refractivity contribution is -0.140. The molecule has 0 fully saturated rings. The molecule has 0 amide bonds. The van der Waals surface area contributed by atoms with E-state index in [0.29, 0.717) is 0 Å². The number of phenols is 1. The summed E-state index contributed by atoms with van der Waals surface area (Å²) in [6, 6.07) is 4.52. The van der Waals surface area contributed by atoms with Crippen molar-refractivity contribution in [2.75, 3.05) is 7.11 Å². The number of hydrogen-bond donors (Lipinski definition) is 2. The average Bonchev–Trinajstić information content (AvgIpc) is 2.04. The normalized spacial score (nSPS) is 9.27. The second-order valence-corrected chi connectivity index (χ2v) is 1.90. The van der Waals surface area contributed by atoms with E-state index < -0.39 is 0 Å². The Kier molecular flexibility index (Phi) is 2.18. The molecule has 1 aromatic carbocycles. The van der Waals surface area contributed by atoms with Crippen LogP contribution in [-0.4, -0.2) is 17.5 Å². The van der Waals surface area contributed by atoms with Gasteiger partial charge in [0.2, 0.25) is 5.75 Å². The summed E-state index contributed by atoms with van der Waals surface area (Å²) in [4.78, 5) is 3.89. The molecule has 0 atom stereocenters. The Morgan fingerprint density at radius 1 is 1.36 bits per heavy atom. The Balaban J connectivity index is 3.13. The van der Waals surface area contributed by atoms with Gasteiger partial charge in [0.1, 0.15) is 0 Å². The minimum atomic E-state index is -0.160. The summed E-state index contributed by atoms with van der Waals surface area (Å²) in [5.74, 6) is 0.0503. The van der Waals surface area contributed by atoms with Gasteiger partial charge in [0.05, 0.1) is 7.11 Å². The van der Waals surface area contributed by atoms with Crippen molar-refractivity contribution in [3.8, 4) is 17.2 Å². The molecule has 0 aliphatic carbocycles. The number of aromatic hydroxyl groups is 1. The summed E-state index contributed by atoms with van der Waals surface area (Å²) in [5, 5.41) is 17.3. The Labute approximate surface area is 63.5 Å². The molecule has 11 heavy (non-hydrogen) atoms. The van der Waals surface area contributed by atoms with Crippen LogP contribution in [0.4, 0.5) is 0 Å². The molecule has 1 aromatic rings. The molecule has 0 unspecified atom stereocenters. The van der Waals surface area contributed by atoms with Gasteiger partial charge in [-0.05, 0) is 12.1 Å². The van der Waals surface area contributed by atoms with Crippen molar-refractivity contribution in [2.45, 2.75) is 0 Å². The first kappa shape index (κ1) is 7.68. The SMILES string of the molecule is COc1cccc(O)c1OO. The third-order valence-electron chi connectivity index (χ3n) is 1.27. The van der Waals surface area contributed by atoms with Crippen LogP contribution in [0.1, 0.15) is 0 Å². The maximum atomic E-state index is 9.06. The molecule has 1 rings (SSSR count). The molecule has 2 N–H and O–H groups in total. The van der Waals surface area contributed by atoms with E-state index in [2.05, 4.69) is 4.89 Å². The van der Waals surface area contributed by atoms with E-state index >= 15 is 0 Å². The summed E-state index contributed by atoms with van der Waals surface area (Å²) in [6.45, 7) is 0. The monoisotopic (exact) mass is 156 g/mol. The lowest BCUT2D eigenvalue weighted by atomic mass is 10.3. The zero-order valence-corrected chi connectivity index (χ0v) is 5.94. The maximum absolute atomic E-state index is 9.06. The van der Waals surface area contributed by atoms with Crippen LogP contribution in [0.2, 0.25) is 0 Å². The number of methoxy groups -OCH3 is 1. The average molecular weight is 156 g/mol. The van der Waals surface area contributed by atoms with Gasteiger partial charge < -0.3 is 14.7 Å². The Bertz CT molecular complexity index is 246. The molecular weight excluding hydrogens is 148 g/mol. The van der Waals surface area contributed by atoms with E-state index in [9.17, 15) is 0 Å². The van der Waals surface area contributed by atoms with E-state index in [0.717, 1.165) is 0 Å². The molecule has 0 aromatic heterocycles. The van der Waals surface area contributed by atoms with Crippen LogP contribution in [-0.2, 0) is 0 Å². The second kappa shape index (κ2) is 3.12. The van der Waals surface area contributed by atoms with Crippen LogP contribution < -0.4 is 9.62 Å². The minimum Gasteiger partial charge on any atom is -0.504 e. The van der Waals surface area contributed by atoms with Crippen molar-refractivity contribution in [1.82, 2.24) is 0 Å². The molecule has 0 aliphatic heterocycles. The predicted molar refractivity (Wildman–Crippen MR) is 37.9 cm³/mol. The number of benzene rings is 1. The summed E-state index contributed by atoms with van der Waals surface area (Å²) in [5.41, 5.74) is 0. The third-order valence-corrected chi connectivity index (χ3v) is 1.27. The highest BCUT2D eigenvalue weighted by molar-refractivity contribution is 5.49. The first-order chi connectivity index (χ1) is 5.29. The van der Waals surface area contributed by atoms with Crippen molar-refractivity contribution in [3.63, 3.8) is 0 Å². The van der Waals surface area contributed by atoms with Gasteiger partial charge in [-0.1, -0.05) is 6.07 Å². The number of phenolic OH excluding ortho intramolecular Hbond substituents is 1. The highest BCUT2D eigenvalue weighted by Crippen LogP contribution is 2.34. The topological polar surface area (TPSA) is 58.9 Å². The van der Waals surface area contributed by atoms with Gasteiger partial charge in [-0.3, -0.25) is 0 Å². The maximum Gasteiger partial charge on any atom is 0.248 e. The largest absolute Gasteiger partial charge is 0.504 e. The summed E-state index contributed by atoms with van der Waals surface area (Å²) in [7, 11) is 1.41. The molecule has 0 saturated carbocycles. The minimum absolute atomic E-state index is 0.0741. The van der Waals surface area contributed by atoms with E-state index in [4.69, 9.17) is 15.1 Å². The molecular formula is C7H8O4. The standard InChI is InChI=1S/C7H8O4/c1-10-6-4-2-3-5(8)7(6)11-9/h2-4,8-9H,1H3. The lowest BCUT2D eigenvalue weighted by Crippen LogP contribution is -1.90. The van der Waals surface area contributed by atoms with Crippen LogP contribution in [0, 0.1) is 0 Å². The Morgan fingerprint density at radius 3 is 2.55 bits per heavy atom. The van der Waals surface area contributed by atoms with Gasteiger partial charge >= 0.3 is 0 Å². The predicted octanol–water partition coefficient (Wildman–Crippen LogP) is 1.25. The zero-order chi connectivity index (χ0) is 8.27. The number of ether oxygens (including phenoxy) is 1. The second-order valence-electron chi connectivity index (χ2n) is 1.90. The smallest absolute Gasteiger partial charge is 0.248 e. The molecule has 4 nitrogen and oxygen atoms in total. The van der Waals surface area contributed by atoms with Crippen LogP contribution in [0.3, 0.4) is 0 Å². The van der Waals surface area contributed by atoms with Gasteiger partial charge in [0, 0.05) is 0 Å². The first-order valence-electron chi connectivity index (χ1n) is 2.97. The van der Waals surface area contributed by atoms with Gasteiger partial charge in [-0.15, -0.1) is 0 Å². The van der Waals surface area contributed by atoms with Gasteiger partial charge in [-0.2, -0.15) is 0 Å². The van der Waals surface area contributed by atoms with Crippen molar-refractivity contribution in [2.24, 2.45) is 0 Å². The van der Waals surface area contributed by atoms with Crippen LogP contribution in [0.15, 0.2) is 18.2 Å². The molecule has 0 aliphatic rings. The Morgan fingerprint density at radius 2 is 2.09 bits per heavy atom. The summed E-state index contributed by atoms with van der Waals surface area (Å²) in [6.07, 6.45) is 0. The highest BCUT2D eigenvalue weighted by atomic mass is 17.1. The van der Waals surface area contributed by atoms with E-state index in [1.54, 1.807) is 12.1 Å². The number of para-hydroxylation sites is 1. The van der Waals surface area contributed by atoms with Crippen LogP contribution in [0.25, 0.3) is 0 Å².